The molecular weight excluding hydrogens is 340 g/mol. The maximum Gasteiger partial charge on any atom is 0.243 e. The molecule has 0 saturated carbocycles. The average molecular weight is 364 g/mol. The predicted molar refractivity (Wildman–Crippen MR) is 95.5 cm³/mol. The van der Waals surface area contributed by atoms with E-state index >= 15 is 0 Å². The van der Waals surface area contributed by atoms with Crippen LogP contribution in [0.15, 0.2) is 41.6 Å². The van der Waals surface area contributed by atoms with E-state index in [4.69, 9.17) is 4.74 Å². The zero-order chi connectivity index (χ0) is 17.9. The molecule has 1 aromatic heterocycles. The molecule has 0 bridgehead atoms. The zero-order valence-electron chi connectivity index (χ0n) is 14.5. The molecule has 1 aliphatic heterocycles. The Labute approximate surface area is 148 Å². The largest absolute Gasteiger partial charge is 0.494 e. The smallest absolute Gasteiger partial charge is 0.243 e. The Balaban J connectivity index is 1.76. The van der Waals surface area contributed by atoms with E-state index in [0.29, 0.717) is 18.0 Å². The Morgan fingerprint density at radius 2 is 2.04 bits per heavy atom. The molecule has 8 heteroatoms. The van der Waals surface area contributed by atoms with E-state index in [1.165, 1.54) is 17.1 Å². The van der Waals surface area contributed by atoms with Crippen molar-refractivity contribution in [2.45, 2.75) is 24.7 Å². The van der Waals surface area contributed by atoms with Crippen molar-refractivity contribution >= 4 is 10.0 Å². The number of aromatic nitrogens is 2. The molecule has 0 atom stereocenters. The molecule has 0 radical (unpaired) electrons. The van der Waals surface area contributed by atoms with Gasteiger partial charge in [0.2, 0.25) is 10.0 Å². The molecule has 1 fully saturated rings. The van der Waals surface area contributed by atoms with Gasteiger partial charge in [-0.25, -0.2) is 17.8 Å². The van der Waals surface area contributed by atoms with Gasteiger partial charge in [0.25, 0.3) is 0 Å². The Morgan fingerprint density at radius 3 is 2.76 bits per heavy atom. The fraction of sp³-hybridized carbons (Fsp3) is 0.471. The summed E-state index contributed by atoms with van der Waals surface area (Å²) in [5.74, 6) is 0.629. The van der Waals surface area contributed by atoms with Crippen LogP contribution in [-0.4, -0.2) is 44.9 Å². The number of sulfonamides is 1. The minimum Gasteiger partial charge on any atom is -0.494 e. The number of rotatable bonds is 6. The second kappa shape index (κ2) is 7.15. The summed E-state index contributed by atoms with van der Waals surface area (Å²) >= 11 is 0. The number of nitrogens with one attached hydrogen (secondary N) is 2. The molecule has 0 aliphatic carbocycles. The summed E-state index contributed by atoms with van der Waals surface area (Å²) < 4.78 is 34.8. The van der Waals surface area contributed by atoms with Crippen LogP contribution in [0, 0.1) is 5.41 Å². The first kappa shape index (κ1) is 17.9. The maximum atomic E-state index is 12.6. The second-order valence-corrected chi connectivity index (χ2v) is 8.44. The Kier molecular flexibility index (Phi) is 5.12. The molecule has 0 unspecified atom stereocenters. The Morgan fingerprint density at radius 1 is 1.32 bits per heavy atom. The lowest BCUT2D eigenvalue weighted by Gasteiger charge is -2.33. The van der Waals surface area contributed by atoms with Crippen molar-refractivity contribution in [3.8, 4) is 11.4 Å². The molecule has 2 N–H and O–H groups in total. The SMILES string of the molecule is COc1ccccc1-n1cc(S(=O)(=O)NCC2(C)CCNCC2)cn1. The summed E-state index contributed by atoms with van der Waals surface area (Å²) in [4.78, 5) is 0.149. The Bertz CT molecular complexity index is 826. The van der Waals surface area contributed by atoms with Crippen LogP contribution in [0.1, 0.15) is 19.8 Å². The highest BCUT2D eigenvalue weighted by atomic mass is 32.2. The van der Waals surface area contributed by atoms with Gasteiger partial charge < -0.3 is 10.1 Å². The maximum absolute atomic E-state index is 12.6. The number of hydrogen-bond donors (Lipinski definition) is 2. The molecule has 0 spiro atoms. The third-order valence-corrected chi connectivity index (χ3v) is 6.06. The van der Waals surface area contributed by atoms with E-state index in [2.05, 4.69) is 22.1 Å². The van der Waals surface area contributed by atoms with E-state index in [-0.39, 0.29) is 10.3 Å². The summed E-state index contributed by atoms with van der Waals surface area (Å²) in [6.45, 7) is 4.39. The number of piperidine rings is 1. The predicted octanol–water partition coefficient (Wildman–Crippen LogP) is 1.55. The molecule has 1 aromatic carbocycles. The third-order valence-electron chi connectivity index (χ3n) is 4.70. The average Bonchev–Trinajstić information content (AvgIpc) is 3.12. The van der Waals surface area contributed by atoms with E-state index < -0.39 is 10.0 Å². The van der Waals surface area contributed by atoms with Gasteiger partial charge in [0.05, 0.1) is 19.5 Å². The molecule has 2 aromatic rings. The first-order valence-electron chi connectivity index (χ1n) is 8.32. The molecule has 25 heavy (non-hydrogen) atoms. The van der Waals surface area contributed by atoms with Crippen molar-refractivity contribution in [1.29, 1.82) is 0 Å². The number of benzene rings is 1. The molecule has 0 amide bonds. The topological polar surface area (TPSA) is 85.2 Å². The van der Waals surface area contributed by atoms with Crippen molar-refractivity contribution in [2.75, 3.05) is 26.7 Å². The van der Waals surface area contributed by atoms with Gasteiger partial charge in [-0.3, -0.25) is 0 Å². The van der Waals surface area contributed by atoms with E-state index in [9.17, 15) is 8.42 Å². The van der Waals surface area contributed by atoms with E-state index in [1.54, 1.807) is 13.2 Å². The minimum atomic E-state index is -3.60. The number of hydrogen-bond acceptors (Lipinski definition) is 5. The van der Waals surface area contributed by atoms with Gasteiger partial charge in [-0.05, 0) is 43.5 Å². The third kappa shape index (κ3) is 4.02. The van der Waals surface area contributed by atoms with Crippen LogP contribution in [0.5, 0.6) is 5.75 Å². The monoisotopic (exact) mass is 364 g/mol. The first-order valence-corrected chi connectivity index (χ1v) is 9.80. The van der Waals surface area contributed by atoms with Crippen LogP contribution >= 0.6 is 0 Å². The van der Waals surface area contributed by atoms with Crippen molar-refractivity contribution in [1.82, 2.24) is 19.8 Å². The Hall–Kier alpha value is -1.90. The van der Waals surface area contributed by atoms with Crippen LogP contribution < -0.4 is 14.8 Å². The van der Waals surface area contributed by atoms with Crippen LogP contribution in [0.4, 0.5) is 0 Å². The lowest BCUT2D eigenvalue weighted by Crippen LogP contribution is -2.42. The molecule has 7 nitrogen and oxygen atoms in total. The standard InChI is InChI=1S/C17H24N4O3S/c1-17(7-9-18-10-8-17)13-20-25(22,23)14-11-19-21(12-14)15-5-3-4-6-16(15)24-2/h3-6,11-12,18,20H,7-10,13H2,1-2H3. The fourth-order valence-corrected chi connectivity index (χ4v) is 4.09. The van der Waals surface area contributed by atoms with E-state index in [0.717, 1.165) is 25.9 Å². The highest BCUT2D eigenvalue weighted by Gasteiger charge is 2.29. The number of ether oxygens (including phenoxy) is 1. The normalized spacial score (nSPS) is 17.4. The van der Waals surface area contributed by atoms with Gasteiger partial charge in [-0.1, -0.05) is 19.1 Å². The van der Waals surface area contributed by atoms with Crippen molar-refractivity contribution in [3.63, 3.8) is 0 Å². The van der Waals surface area contributed by atoms with Gasteiger partial charge in [0.15, 0.2) is 0 Å². The summed E-state index contributed by atoms with van der Waals surface area (Å²) in [7, 11) is -2.03. The van der Waals surface area contributed by atoms with Gasteiger partial charge >= 0.3 is 0 Å². The van der Waals surface area contributed by atoms with Crippen LogP contribution in [-0.2, 0) is 10.0 Å². The van der Waals surface area contributed by atoms with Crippen molar-refractivity contribution < 1.29 is 13.2 Å². The minimum absolute atomic E-state index is 0.0169. The summed E-state index contributed by atoms with van der Waals surface area (Å²) in [6, 6.07) is 7.34. The summed E-state index contributed by atoms with van der Waals surface area (Å²) in [5.41, 5.74) is 0.675. The van der Waals surface area contributed by atoms with Gasteiger partial charge in [0, 0.05) is 6.54 Å². The van der Waals surface area contributed by atoms with Crippen molar-refractivity contribution in [3.05, 3.63) is 36.7 Å². The number of para-hydroxylation sites is 2. The molecule has 136 valence electrons. The van der Waals surface area contributed by atoms with Gasteiger partial charge in [0.1, 0.15) is 16.3 Å². The van der Waals surface area contributed by atoms with Crippen LogP contribution in [0.2, 0.25) is 0 Å². The quantitative estimate of drug-likeness (QED) is 0.812. The second-order valence-electron chi connectivity index (χ2n) is 6.68. The van der Waals surface area contributed by atoms with E-state index in [1.807, 2.05) is 18.2 Å². The highest BCUT2D eigenvalue weighted by molar-refractivity contribution is 7.89. The van der Waals surface area contributed by atoms with Crippen molar-refractivity contribution in [2.24, 2.45) is 5.41 Å². The molecular formula is C17H24N4O3S. The zero-order valence-corrected chi connectivity index (χ0v) is 15.3. The number of nitrogens with zero attached hydrogens (tertiary/aromatic N) is 2. The lowest BCUT2D eigenvalue weighted by atomic mass is 9.81. The highest BCUT2D eigenvalue weighted by Crippen LogP contribution is 2.27. The van der Waals surface area contributed by atoms with Gasteiger partial charge in [-0.15, -0.1) is 0 Å². The van der Waals surface area contributed by atoms with Gasteiger partial charge in [-0.2, -0.15) is 5.10 Å². The molecule has 2 heterocycles. The fourth-order valence-electron chi connectivity index (χ4n) is 2.96. The molecule has 1 saturated heterocycles. The van der Waals surface area contributed by atoms with Crippen LogP contribution in [0.3, 0.4) is 0 Å². The molecule has 1 aliphatic rings. The summed E-state index contributed by atoms with van der Waals surface area (Å²) in [6.07, 6.45) is 4.77. The lowest BCUT2D eigenvalue weighted by molar-refractivity contribution is 0.232. The summed E-state index contributed by atoms with van der Waals surface area (Å²) in [5, 5.41) is 7.48. The number of methoxy groups -OCH3 is 1. The van der Waals surface area contributed by atoms with Crippen LogP contribution in [0.25, 0.3) is 5.69 Å². The first-order chi connectivity index (χ1) is 11.9. The molecule has 3 rings (SSSR count).